The van der Waals surface area contributed by atoms with Gasteiger partial charge >= 0.3 is 5.97 Å². The predicted octanol–water partition coefficient (Wildman–Crippen LogP) is 3.18. The molecule has 0 bridgehead atoms. The van der Waals surface area contributed by atoms with Crippen LogP contribution >= 0.6 is 11.6 Å². The molecule has 1 fully saturated rings. The van der Waals surface area contributed by atoms with Crippen LogP contribution in [0.15, 0.2) is 36.4 Å². The number of carbonyl (C=O) groups excluding carboxylic acids is 1. The number of aliphatic hydroxyl groups is 1. The van der Waals surface area contributed by atoms with Crippen LogP contribution in [0.1, 0.15) is 38.8 Å². The lowest BCUT2D eigenvalue weighted by molar-refractivity contribution is -0.0712. The summed E-state index contributed by atoms with van der Waals surface area (Å²) in [4.78, 5) is 26.4. The van der Waals surface area contributed by atoms with Crippen LogP contribution in [0.3, 0.4) is 0 Å². The molecule has 2 N–H and O–H groups in total. The number of likely N-dealkylation sites (tertiary alicyclic amines) is 1. The van der Waals surface area contributed by atoms with E-state index in [0.29, 0.717) is 18.1 Å². The molecule has 3 rings (SSSR count). The first-order chi connectivity index (χ1) is 12.6. The molecule has 2 aromatic rings. The molecule has 1 aliphatic rings. The fraction of sp³-hybridized carbons (Fsp3) is 0.300. The van der Waals surface area contributed by atoms with Gasteiger partial charge in [0.15, 0.2) is 5.78 Å². The minimum absolute atomic E-state index is 0.126. The second-order valence-electron chi connectivity index (χ2n) is 7.09. The van der Waals surface area contributed by atoms with Crippen LogP contribution in [0.5, 0.6) is 0 Å². The molecule has 0 saturated carbocycles. The molecule has 1 saturated heterocycles. The Hall–Kier alpha value is -2.28. The number of carbonyl (C=O) groups is 2. The third-order valence-electron chi connectivity index (χ3n) is 5.10. The number of carboxylic acids is 1. The van der Waals surface area contributed by atoms with Crippen molar-refractivity contribution in [2.75, 3.05) is 20.1 Å². The van der Waals surface area contributed by atoms with Gasteiger partial charge in [0.25, 0.3) is 0 Å². The number of hydrogen-bond donors (Lipinski definition) is 2. The number of ketones is 1. The maximum absolute atomic E-state index is 14.8. The first-order valence-electron chi connectivity index (χ1n) is 8.39. The Morgan fingerprint density at radius 1 is 1.22 bits per heavy atom. The summed E-state index contributed by atoms with van der Waals surface area (Å²) in [6.45, 7) is 2.76. The Balaban J connectivity index is 2.06. The minimum Gasteiger partial charge on any atom is -0.478 e. The summed E-state index contributed by atoms with van der Waals surface area (Å²) < 4.78 is 14.8. The molecule has 0 radical (unpaired) electrons. The van der Waals surface area contributed by atoms with E-state index in [2.05, 4.69) is 0 Å². The van der Waals surface area contributed by atoms with Crippen LogP contribution in [0.25, 0.3) is 0 Å². The molecule has 0 aliphatic carbocycles. The monoisotopic (exact) mass is 391 g/mol. The number of halogens is 2. The maximum atomic E-state index is 14.8. The van der Waals surface area contributed by atoms with E-state index in [1.165, 1.54) is 37.3 Å². The third-order valence-corrected chi connectivity index (χ3v) is 5.35. The minimum atomic E-state index is -1.44. The van der Waals surface area contributed by atoms with E-state index in [0.717, 1.165) is 6.07 Å². The van der Waals surface area contributed by atoms with Gasteiger partial charge in [-0.3, -0.25) is 4.79 Å². The Labute approximate surface area is 161 Å². The molecule has 1 unspecified atom stereocenters. The average Bonchev–Trinajstić information content (AvgIpc) is 2.58. The van der Waals surface area contributed by atoms with Gasteiger partial charge in [-0.15, -0.1) is 0 Å². The molecule has 5 nitrogen and oxygen atoms in total. The van der Waals surface area contributed by atoms with Crippen LogP contribution < -0.4 is 0 Å². The molecular formula is C20H19ClFNO4. The lowest BCUT2D eigenvalue weighted by atomic mass is 9.77. The number of benzene rings is 2. The number of aromatic carboxylic acids is 1. The van der Waals surface area contributed by atoms with Gasteiger partial charge in [0.2, 0.25) is 0 Å². The highest BCUT2D eigenvalue weighted by Gasteiger charge is 2.41. The van der Waals surface area contributed by atoms with Crippen LogP contribution in [-0.4, -0.2) is 47.0 Å². The zero-order valence-corrected chi connectivity index (χ0v) is 15.6. The number of rotatable bonds is 5. The molecule has 0 amide bonds. The normalized spacial score (nSPS) is 17.2. The summed E-state index contributed by atoms with van der Waals surface area (Å²) in [5.74, 6) is -3.31. The fourth-order valence-electron chi connectivity index (χ4n) is 3.33. The van der Waals surface area contributed by atoms with Crippen molar-refractivity contribution < 1.29 is 24.2 Å². The van der Waals surface area contributed by atoms with Crippen molar-refractivity contribution in [1.82, 2.24) is 4.90 Å². The van der Waals surface area contributed by atoms with Gasteiger partial charge in [0.05, 0.1) is 16.7 Å². The summed E-state index contributed by atoms with van der Waals surface area (Å²) >= 11 is 5.79. The van der Waals surface area contributed by atoms with E-state index in [1.54, 1.807) is 0 Å². The lowest BCUT2D eigenvalue weighted by Crippen LogP contribution is -2.53. The van der Waals surface area contributed by atoms with Crippen molar-refractivity contribution in [2.45, 2.75) is 12.5 Å². The quantitative estimate of drug-likeness (QED) is 0.765. The third kappa shape index (κ3) is 3.60. The van der Waals surface area contributed by atoms with Gasteiger partial charge < -0.3 is 15.1 Å². The Bertz CT molecular complexity index is 905. The molecule has 1 heterocycles. The van der Waals surface area contributed by atoms with Crippen molar-refractivity contribution in [3.8, 4) is 0 Å². The second kappa shape index (κ2) is 7.03. The Morgan fingerprint density at radius 3 is 2.33 bits per heavy atom. The summed E-state index contributed by atoms with van der Waals surface area (Å²) in [5, 5.41) is 20.8. The second-order valence-corrected chi connectivity index (χ2v) is 7.52. The summed E-state index contributed by atoms with van der Waals surface area (Å²) in [6.07, 6.45) is 0. The van der Waals surface area contributed by atoms with Crippen molar-refractivity contribution >= 4 is 23.4 Å². The van der Waals surface area contributed by atoms with E-state index >= 15 is 0 Å². The number of hydrogen-bond acceptors (Lipinski definition) is 4. The number of nitrogens with zero attached hydrogens (tertiary/aromatic N) is 1. The Kier molecular flexibility index (Phi) is 5.08. The molecule has 27 heavy (non-hydrogen) atoms. The zero-order chi connectivity index (χ0) is 19.9. The number of carboxylic acid groups (broad SMARTS) is 1. The fourth-order valence-corrected chi connectivity index (χ4v) is 3.46. The van der Waals surface area contributed by atoms with Crippen molar-refractivity contribution in [1.29, 1.82) is 0 Å². The van der Waals surface area contributed by atoms with Gasteiger partial charge in [0.1, 0.15) is 5.82 Å². The molecule has 1 aliphatic heterocycles. The summed E-state index contributed by atoms with van der Waals surface area (Å²) in [6, 6.07) is 7.99. The van der Waals surface area contributed by atoms with E-state index in [9.17, 15) is 24.2 Å². The van der Waals surface area contributed by atoms with E-state index in [1.807, 2.05) is 11.9 Å². The highest BCUT2D eigenvalue weighted by Crippen LogP contribution is 2.36. The van der Waals surface area contributed by atoms with Crippen LogP contribution in [0, 0.1) is 11.7 Å². The highest BCUT2D eigenvalue weighted by molar-refractivity contribution is 6.30. The lowest BCUT2D eigenvalue weighted by Gasteiger charge is -2.45. The smallest absolute Gasteiger partial charge is 0.336 e. The summed E-state index contributed by atoms with van der Waals surface area (Å²) in [5.41, 5.74) is -2.14. The van der Waals surface area contributed by atoms with E-state index in [-0.39, 0.29) is 17.0 Å². The van der Waals surface area contributed by atoms with Crippen molar-refractivity contribution in [3.63, 3.8) is 0 Å². The average molecular weight is 392 g/mol. The van der Waals surface area contributed by atoms with Gasteiger partial charge in [0, 0.05) is 29.6 Å². The van der Waals surface area contributed by atoms with E-state index in [4.69, 9.17) is 11.6 Å². The van der Waals surface area contributed by atoms with Gasteiger partial charge in [-0.2, -0.15) is 0 Å². The maximum Gasteiger partial charge on any atom is 0.336 e. The Morgan fingerprint density at radius 2 is 1.81 bits per heavy atom. The summed E-state index contributed by atoms with van der Waals surface area (Å²) in [7, 11) is 1.89. The standard InChI is InChI=1S/C20H19ClFNO4/c1-20(27,13-9-23(2)10-13)12-7-15(19(25)26)17(16(22)8-12)18(24)11-3-5-14(21)6-4-11/h3-8,13,27H,9-10H2,1-2H3,(H,25,26). The largest absolute Gasteiger partial charge is 0.478 e. The molecular weight excluding hydrogens is 373 g/mol. The first kappa shape index (κ1) is 19.5. The first-order valence-corrected chi connectivity index (χ1v) is 8.77. The van der Waals surface area contributed by atoms with Gasteiger partial charge in [-0.1, -0.05) is 11.6 Å². The van der Waals surface area contributed by atoms with Crippen molar-refractivity contribution in [2.24, 2.45) is 5.92 Å². The zero-order valence-electron chi connectivity index (χ0n) is 14.9. The van der Waals surface area contributed by atoms with Crippen LogP contribution in [0.2, 0.25) is 5.02 Å². The SMILES string of the molecule is CN1CC(C(C)(O)c2cc(F)c(C(=O)c3ccc(Cl)cc3)c(C(=O)O)c2)C1. The van der Waals surface area contributed by atoms with Crippen molar-refractivity contribution in [3.05, 3.63) is 69.5 Å². The molecule has 0 aromatic heterocycles. The van der Waals surface area contributed by atoms with Crippen LogP contribution in [-0.2, 0) is 5.60 Å². The molecule has 1 atom stereocenters. The van der Waals surface area contributed by atoms with Crippen LogP contribution in [0.4, 0.5) is 4.39 Å². The molecule has 7 heteroatoms. The van der Waals surface area contributed by atoms with Gasteiger partial charge in [-0.25, -0.2) is 9.18 Å². The van der Waals surface area contributed by atoms with Gasteiger partial charge in [-0.05, 0) is 55.9 Å². The molecule has 0 spiro atoms. The molecule has 2 aromatic carbocycles. The van der Waals surface area contributed by atoms with E-state index < -0.39 is 34.3 Å². The highest BCUT2D eigenvalue weighted by atomic mass is 35.5. The molecule has 142 valence electrons. The predicted molar refractivity (Wildman–Crippen MR) is 98.8 cm³/mol. The topological polar surface area (TPSA) is 77.8 Å².